The first-order valence-corrected chi connectivity index (χ1v) is 7.96. The highest BCUT2D eigenvalue weighted by molar-refractivity contribution is 7.83. The quantitative estimate of drug-likeness (QED) is 0.849. The highest BCUT2D eigenvalue weighted by atomic mass is 35.5. The van der Waals surface area contributed by atoms with Gasteiger partial charge in [-0.1, -0.05) is 17.7 Å². The van der Waals surface area contributed by atoms with Gasteiger partial charge in [0.1, 0.15) is 17.3 Å². The van der Waals surface area contributed by atoms with Gasteiger partial charge in [0.15, 0.2) is 0 Å². The van der Waals surface area contributed by atoms with Gasteiger partial charge in [0, 0.05) is 16.6 Å². The zero-order chi connectivity index (χ0) is 14.7. The monoisotopic (exact) mass is 313 g/mol. The first-order chi connectivity index (χ1) is 9.49. The highest BCUT2D eigenvalue weighted by Crippen LogP contribution is 2.25. The molecule has 0 aliphatic rings. The van der Waals surface area contributed by atoms with Gasteiger partial charge in [0.05, 0.1) is 17.8 Å². The van der Waals surface area contributed by atoms with Crippen LogP contribution in [0.5, 0.6) is 5.75 Å². The van der Waals surface area contributed by atoms with E-state index in [9.17, 15) is 4.21 Å². The minimum Gasteiger partial charge on any atom is -0.495 e. The molecule has 0 saturated heterocycles. The van der Waals surface area contributed by atoms with Gasteiger partial charge in [-0.05, 0) is 31.5 Å². The van der Waals surface area contributed by atoms with E-state index < -0.39 is 10.8 Å². The van der Waals surface area contributed by atoms with Crippen molar-refractivity contribution in [2.24, 2.45) is 0 Å². The third kappa shape index (κ3) is 3.61. The maximum Gasteiger partial charge on any atom is 0.207 e. The molecule has 0 spiro atoms. The van der Waals surface area contributed by atoms with Crippen molar-refractivity contribution in [3.63, 3.8) is 0 Å². The van der Waals surface area contributed by atoms with E-state index in [1.165, 1.54) is 0 Å². The molecular weight excluding hydrogens is 298 g/mol. The van der Waals surface area contributed by atoms with E-state index in [1.54, 1.807) is 19.2 Å². The van der Waals surface area contributed by atoms with Crippen LogP contribution in [0.2, 0.25) is 5.02 Å². The van der Waals surface area contributed by atoms with Crippen LogP contribution in [0.15, 0.2) is 22.6 Å². The Bertz CT molecular complexity index is 620. The third-order valence-corrected chi connectivity index (χ3v) is 4.42. The lowest BCUT2D eigenvalue weighted by Gasteiger charge is -2.05. The summed E-state index contributed by atoms with van der Waals surface area (Å²) in [4.78, 5) is 4.23. The number of ether oxygens (including phenoxy) is 1. The molecule has 6 heteroatoms. The van der Waals surface area contributed by atoms with Crippen molar-refractivity contribution in [3.8, 4) is 5.75 Å². The molecule has 0 N–H and O–H groups in total. The average molecular weight is 314 g/mol. The molecule has 0 aliphatic carbocycles. The van der Waals surface area contributed by atoms with E-state index in [4.69, 9.17) is 20.8 Å². The summed E-state index contributed by atoms with van der Waals surface area (Å²) >= 11 is 6.04. The van der Waals surface area contributed by atoms with Crippen molar-refractivity contribution in [2.75, 3.05) is 7.11 Å². The first-order valence-electron chi connectivity index (χ1n) is 6.10. The molecule has 2 aromatic rings. The Morgan fingerprint density at radius 1 is 1.35 bits per heavy atom. The van der Waals surface area contributed by atoms with Gasteiger partial charge >= 0.3 is 0 Å². The molecule has 0 radical (unpaired) electrons. The fourth-order valence-corrected chi connectivity index (χ4v) is 3.11. The molecule has 0 saturated carbocycles. The summed E-state index contributed by atoms with van der Waals surface area (Å²) in [6.07, 6.45) is 0. The molecular formula is C14H16ClNO3S. The Labute approximate surface area is 125 Å². The number of rotatable bonds is 5. The van der Waals surface area contributed by atoms with E-state index in [1.807, 2.05) is 19.9 Å². The lowest BCUT2D eigenvalue weighted by molar-refractivity contribution is 0.415. The van der Waals surface area contributed by atoms with Crippen molar-refractivity contribution >= 4 is 22.4 Å². The number of hydrogen-bond acceptors (Lipinski definition) is 4. The van der Waals surface area contributed by atoms with Crippen LogP contribution in [0.4, 0.5) is 0 Å². The molecule has 0 amide bonds. The van der Waals surface area contributed by atoms with Crippen molar-refractivity contribution in [2.45, 2.75) is 25.4 Å². The van der Waals surface area contributed by atoms with Crippen molar-refractivity contribution in [3.05, 3.63) is 46.1 Å². The predicted octanol–water partition coefficient (Wildman–Crippen LogP) is 3.40. The Kier molecular flexibility index (Phi) is 4.83. The second kappa shape index (κ2) is 6.41. The largest absolute Gasteiger partial charge is 0.495 e. The minimum absolute atomic E-state index is 0.304. The molecule has 1 aromatic heterocycles. The Morgan fingerprint density at radius 2 is 2.10 bits per heavy atom. The van der Waals surface area contributed by atoms with E-state index in [2.05, 4.69) is 4.98 Å². The summed E-state index contributed by atoms with van der Waals surface area (Å²) in [5.41, 5.74) is 1.73. The van der Waals surface area contributed by atoms with Crippen LogP contribution < -0.4 is 4.74 Å². The standard InChI is InChI=1S/C14H16ClNO3S/c1-9-10(2)19-14(16-9)8-20(17)7-11-4-5-13(18-3)12(15)6-11/h4-6H,7-8H2,1-3H3/t20-/m0/s1. The molecule has 1 atom stereocenters. The number of methoxy groups -OCH3 is 1. The SMILES string of the molecule is COc1ccc(C[S@](=O)Cc2nc(C)c(C)o2)cc1Cl. The molecule has 4 nitrogen and oxygen atoms in total. The van der Waals surface area contributed by atoms with Crippen LogP contribution >= 0.6 is 11.6 Å². The molecule has 0 fully saturated rings. The van der Waals surface area contributed by atoms with Crippen molar-refractivity contribution in [1.29, 1.82) is 0 Å². The number of nitrogens with zero attached hydrogens (tertiary/aromatic N) is 1. The van der Waals surface area contributed by atoms with Gasteiger partial charge in [-0.25, -0.2) is 4.98 Å². The second-order valence-electron chi connectivity index (χ2n) is 4.45. The molecule has 1 heterocycles. The summed E-state index contributed by atoms with van der Waals surface area (Å²) < 4.78 is 22.6. The number of benzene rings is 1. The molecule has 1 aromatic carbocycles. The number of aryl methyl sites for hydroxylation is 2. The molecule has 0 bridgehead atoms. The van der Waals surface area contributed by atoms with Gasteiger partial charge in [0.25, 0.3) is 0 Å². The molecule has 20 heavy (non-hydrogen) atoms. The van der Waals surface area contributed by atoms with Gasteiger partial charge < -0.3 is 9.15 Å². The smallest absolute Gasteiger partial charge is 0.207 e. The third-order valence-electron chi connectivity index (χ3n) is 2.90. The van der Waals surface area contributed by atoms with Crippen LogP contribution in [0.1, 0.15) is 22.9 Å². The van der Waals surface area contributed by atoms with Crippen molar-refractivity contribution in [1.82, 2.24) is 4.98 Å². The van der Waals surface area contributed by atoms with Crippen LogP contribution in [0.3, 0.4) is 0 Å². The maximum atomic E-state index is 12.1. The van der Waals surface area contributed by atoms with Crippen LogP contribution in [-0.4, -0.2) is 16.3 Å². The predicted molar refractivity (Wildman–Crippen MR) is 79.5 cm³/mol. The first kappa shape index (κ1) is 15.1. The van der Waals surface area contributed by atoms with Gasteiger partial charge in [0.2, 0.25) is 5.89 Å². The lowest BCUT2D eigenvalue weighted by Crippen LogP contribution is -2.00. The highest BCUT2D eigenvalue weighted by Gasteiger charge is 2.11. The topological polar surface area (TPSA) is 52.3 Å². The Hall–Kier alpha value is -1.33. The average Bonchev–Trinajstić information content (AvgIpc) is 2.68. The molecule has 0 unspecified atom stereocenters. The summed E-state index contributed by atoms with van der Waals surface area (Å²) in [6, 6.07) is 5.40. The molecule has 2 rings (SSSR count). The summed E-state index contributed by atoms with van der Waals surface area (Å²) in [6.45, 7) is 3.71. The minimum atomic E-state index is -1.09. The Balaban J connectivity index is 2.02. The Morgan fingerprint density at radius 3 is 2.65 bits per heavy atom. The van der Waals surface area contributed by atoms with Crippen molar-refractivity contribution < 1.29 is 13.4 Å². The van der Waals surface area contributed by atoms with Gasteiger partial charge in [-0.2, -0.15) is 0 Å². The van der Waals surface area contributed by atoms with E-state index >= 15 is 0 Å². The number of aromatic nitrogens is 1. The second-order valence-corrected chi connectivity index (χ2v) is 6.31. The van der Waals surface area contributed by atoms with E-state index in [-0.39, 0.29) is 0 Å². The van der Waals surface area contributed by atoms with Gasteiger partial charge in [-0.3, -0.25) is 4.21 Å². The maximum absolute atomic E-state index is 12.1. The molecule has 108 valence electrons. The number of halogens is 1. The summed E-state index contributed by atoms with van der Waals surface area (Å²) in [7, 11) is 0.472. The van der Waals surface area contributed by atoms with Crippen LogP contribution in [0.25, 0.3) is 0 Å². The molecule has 0 aliphatic heterocycles. The summed E-state index contributed by atoms with van der Waals surface area (Å²) in [5, 5.41) is 0.518. The fraction of sp³-hybridized carbons (Fsp3) is 0.357. The number of hydrogen-bond donors (Lipinski definition) is 0. The van der Waals surface area contributed by atoms with Crippen LogP contribution in [-0.2, 0) is 22.3 Å². The van der Waals surface area contributed by atoms with E-state index in [0.717, 1.165) is 17.0 Å². The fourth-order valence-electron chi connectivity index (χ4n) is 1.78. The summed E-state index contributed by atoms with van der Waals surface area (Å²) in [5.74, 6) is 2.60. The lowest BCUT2D eigenvalue weighted by atomic mass is 10.2. The zero-order valence-corrected chi connectivity index (χ0v) is 13.2. The van der Waals surface area contributed by atoms with E-state index in [0.29, 0.717) is 28.2 Å². The number of oxazole rings is 1. The zero-order valence-electron chi connectivity index (χ0n) is 11.6. The van der Waals surface area contributed by atoms with Gasteiger partial charge in [-0.15, -0.1) is 0 Å². The normalized spacial score (nSPS) is 12.4. The van der Waals surface area contributed by atoms with Crippen LogP contribution in [0, 0.1) is 13.8 Å².